The molecule has 2 atom stereocenters. The van der Waals surface area contributed by atoms with Crippen molar-refractivity contribution in [2.24, 2.45) is 5.92 Å². The fraction of sp³-hybridized carbons (Fsp3) is 0.588. The molecule has 1 fully saturated rings. The van der Waals surface area contributed by atoms with Gasteiger partial charge in [-0.05, 0) is 62.4 Å². The second-order valence-corrected chi connectivity index (χ2v) is 6.45. The van der Waals surface area contributed by atoms with Gasteiger partial charge in [-0.2, -0.15) is 0 Å². The van der Waals surface area contributed by atoms with Crippen LogP contribution in [-0.4, -0.2) is 23.6 Å². The van der Waals surface area contributed by atoms with Gasteiger partial charge in [0.25, 0.3) is 0 Å². The Morgan fingerprint density at radius 2 is 2.14 bits per heavy atom. The Bertz CT molecular complexity index is 526. The van der Waals surface area contributed by atoms with Crippen LogP contribution < -0.4 is 10.6 Å². The zero-order chi connectivity index (χ0) is 15.6. The fourth-order valence-corrected chi connectivity index (χ4v) is 2.91. The van der Waals surface area contributed by atoms with Crippen LogP contribution >= 0.6 is 0 Å². The number of aryl methyl sites for hydroxylation is 1. The van der Waals surface area contributed by atoms with E-state index in [0.717, 1.165) is 36.2 Å². The third-order valence-electron chi connectivity index (χ3n) is 4.25. The number of hydrogen-bond donors (Lipinski definition) is 3. The van der Waals surface area contributed by atoms with Gasteiger partial charge in [0.15, 0.2) is 0 Å². The summed E-state index contributed by atoms with van der Waals surface area (Å²) in [7, 11) is 0. The molecule has 0 aromatic heterocycles. The number of amides is 1. The molecule has 1 aliphatic heterocycles. The van der Waals surface area contributed by atoms with E-state index in [9.17, 15) is 9.90 Å². The van der Waals surface area contributed by atoms with Gasteiger partial charge in [-0.1, -0.05) is 13.8 Å². The highest BCUT2D eigenvalue weighted by Gasteiger charge is 2.25. The first-order valence-corrected chi connectivity index (χ1v) is 7.76. The van der Waals surface area contributed by atoms with Crippen LogP contribution in [-0.2, 0) is 4.79 Å². The van der Waals surface area contributed by atoms with Crippen molar-refractivity contribution in [1.82, 2.24) is 5.32 Å². The summed E-state index contributed by atoms with van der Waals surface area (Å²) in [5.74, 6) is 0.681. The molecule has 2 rings (SSSR count). The van der Waals surface area contributed by atoms with Crippen LogP contribution in [0.15, 0.2) is 12.1 Å². The molecule has 1 saturated heterocycles. The van der Waals surface area contributed by atoms with E-state index in [2.05, 4.69) is 17.6 Å². The smallest absolute Gasteiger partial charge is 0.227 e. The number of carbonyl (C=O) groups is 1. The van der Waals surface area contributed by atoms with Gasteiger partial charge in [-0.25, -0.2) is 0 Å². The second-order valence-electron chi connectivity index (χ2n) is 6.45. The summed E-state index contributed by atoms with van der Waals surface area (Å²) in [5, 5.41) is 16.4. The summed E-state index contributed by atoms with van der Waals surface area (Å²) in [6.45, 7) is 8.98. The Hall–Kier alpha value is -1.55. The molecule has 0 spiro atoms. The number of nitrogens with one attached hydrogen (secondary N) is 2. The highest BCUT2D eigenvalue weighted by atomic mass is 16.3. The summed E-state index contributed by atoms with van der Waals surface area (Å²) in [6, 6.07) is 4.02. The van der Waals surface area contributed by atoms with Crippen LogP contribution in [0.25, 0.3) is 0 Å². The number of benzene rings is 1. The van der Waals surface area contributed by atoms with Crippen molar-refractivity contribution >= 4 is 11.6 Å². The minimum absolute atomic E-state index is 0.0666. The maximum atomic E-state index is 12.4. The lowest BCUT2D eigenvalue weighted by Crippen LogP contribution is -2.40. The molecule has 1 aromatic carbocycles. The minimum atomic E-state index is 0.0666. The minimum Gasteiger partial charge on any atom is -0.508 e. The quantitative estimate of drug-likeness (QED) is 0.749. The van der Waals surface area contributed by atoms with Gasteiger partial charge in [-0.3, -0.25) is 4.79 Å². The predicted molar refractivity (Wildman–Crippen MR) is 85.8 cm³/mol. The molecule has 1 aromatic rings. The maximum Gasteiger partial charge on any atom is 0.227 e. The van der Waals surface area contributed by atoms with E-state index >= 15 is 0 Å². The monoisotopic (exact) mass is 290 g/mol. The van der Waals surface area contributed by atoms with Crippen LogP contribution in [0.4, 0.5) is 5.69 Å². The van der Waals surface area contributed by atoms with Crippen molar-refractivity contribution in [3.8, 4) is 5.75 Å². The van der Waals surface area contributed by atoms with Crippen LogP contribution in [0.3, 0.4) is 0 Å². The summed E-state index contributed by atoms with van der Waals surface area (Å²) >= 11 is 0. The van der Waals surface area contributed by atoms with E-state index in [1.807, 2.05) is 26.8 Å². The molecule has 21 heavy (non-hydrogen) atoms. The van der Waals surface area contributed by atoms with Gasteiger partial charge in [0.1, 0.15) is 5.75 Å². The number of hydrogen-bond acceptors (Lipinski definition) is 3. The van der Waals surface area contributed by atoms with Crippen molar-refractivity contribution in [3.05, 3.63) is 23.3 Å². The number of carbonyl (C=O) groups excluding carboxylic acids is 1. The first-order valence-electron chi connectivity index (χ1n) is 7.76. The van der Waals surface area contributed by atoms with Crippen LogP contribution in [0, 0.1) is 12.8 Å². The van der Waals surface area contributed by atoms with E-state index in [0.29, 0.717) is 11.8 Å². The van der Waals surface area contributed by atoms with E-state index in [-0.39, 0.29) is 17.7 Å². The first kappa shape index (κ1) is 15.8. The van der Waals surface area contributed by atoms with Gasteiger partial charge in [0.2, 0.25) is 5.91 Å². The molecular weight excluding hydrogens is 264 g/mol. The van der Waals surface area contributed by atoms with E-state index in [1.54, 1.807) is 6.07 Å². The van der Waals surface area contributed by atoms with Gasteiger partial charge in [0, 0.05) is 17.6 Å². The summed E-state index contributed by atoms with van der Waals surface area (Å²) in [5.41, 5.74) is 2.58. The zero-order valence-corrected chi connectivity index (χ0v) is 13.4. The van der Waals surface area contributed by atoms with Gasteiger partial charge < -0.3 is 15.7 Å². The fourth-order valence-electron chi connectivity index (χ4n) is 2.91. The van der Waals surface area contributed by atoms with Crippen LogP contribution in [0.1, 0.15) is 50.7 Å². The largest absolute Gasteiger partial charge is 0.508 e. The molecule has 4 heteroatoms. The number of anilines is 1. The molecule has 1 aliphatic rings. The molecular formula is C17H26N2O2. The lowest BCUT2D eigenvalue weighted by molar-refractivity contribution is -0.120. The Balaban J connectivity index is 2.15. The maximum absolute atomic E-state index is 12.4. The van der Waals surface area contributed by atoms with Crippen molar-refractivity contribution in [2.45, 2.75) is 52.5 Å². The highest BCUT2D eigenvalue weighted by Crippen LogP contribution is 2.31. The van der Waals surface area contributed by atoms with Crippen molar-refractivity contribution in [1.29, 1.82) is 0 Å². The molecule has 1 heterocycles. The second kappa shape index (κ2) is 6.48. The Kier molecular flexibility index (Phi) is 4.88. The number of phenolic OH excluding ortho intramolecular Hbond substituents is 1. The molecule has 4 nitrogen and oxygen atoms in total. The molecule has 116 valence electrons. The van der Waals surface area contributed by atoms with Gasteiger partial charge in [-0.15, -0.1) is 0 Å². The standard InChI is InChI=1S/C17H26N2O2/c1-10(2)14-9-15(11(3)7-16(14)20)19-17(21)13-5-6-18-12(4)8-13/h7,9-10,12-13,18,20H,5-6,8H2,1-4H3,(H,19,21)/t12-,13-/m0/s1. The van der Waals surface area contributed by atoms with Crippen molar-refractivity contribution in [2.75, 3.05) is 11.9 Å². The molecule has 0 radical (unpaired) electrons. The zero-order valence-electron chi connectivity index (χ0n) is 13.4. The Labute approximate surface area is 126 Å². The van der Waals surface area contributed by atoms with Crippen LogP contribution in [0.2, 0.25) is 0 Å². The Morgan fingerprint density at radius 3 is 2.76 bits per heavy atom. The molecule has 1 amide bonds. The number of rotatable bonds is 3. The van der Waals surface area contributed by atoms with E-state index in [4.69, 9.17) is 0 Å². The lowest BCUT2D eigenvalue weighted by atomic mass is 9.92. The van der Waals surface area contributed by atoms with Crippen molar-refractivity contribution in [3.63, 3.8) is 0 Å². The molecule has 0 bridgehead atoms. The van der Waals surface area contributed by atoms with Gasteiger partial charge in [0.05, 0.1) is 0 Å². The summed E-state index contributed by atoms with van der Waals surface area (Å²) in [4.78, 5) is 12.4. The summed E-state index contributed by atoms with van der Waals surface area (Å²) < 4.78 is 0. The number of phenols is 1. The van der Waals surface area contributed by atoms with E-state index < -0.39 is 0 Å². The third kappa shape index (κ3) is 3.76. The molecule has 3 N–H and O–H groups in total. The van der Waals surface area contributed by atoms with Crippen molar-refractivity contribution < 1.29 is 9.90 Å². The number of aromatic hydroxyl groups is 1. The average molecular weight is 290 g/mol. The molecule has 0 aliphatic carbocycles. The number of piperidine rings is 1. The van der Waals surface area contributed by atoms with Gasteiger partial charge >= 0.3 is 0 Å². The predicted octanol–water partition coefficient (Wildman–Crippen LogP) is 3.15. The average Bonchev–Trinajstić information content (AvgIpc) is 2.41. The SMILES string of the molecule is Cc1cc(O)c(C(C)C)cc1NC(=O)[C@H]1CCN[C@@H](C)C1. The third-order valence-corrected chi connectivity index (χ3v) is 4.25. The lowest BCUT2D eigenvalue weighted by Gasteiger charge is -2.27. The Morgan fingerprint density at radius 1 is 1.43 bits per heavy atom. The summed E-state index contributed by atoms with van der Waals surface area (Å²) in [6.07, 6.45) is 1.75. The molecule has 0 unspecified atom stereocenters. The van der Waals surface area contributed by atoms with E-state index in [1.165, 1.54) is 0 Å². The first-order chi connectivity index (χ1) is 9.88. The topological polar surface area (TPSA) is 61.4 Å². The molecule has 0 saturated carbocycles. The highest BCUT2D eigenvalue weighted by molar-refractivity contribution is 5.93. The normalized spacial score (nSPS) is 22.3. The van der Waals surface area contributed by atoms with Crippen LogP contribution in [0.5, 0.6) is 5.75 Å².